The third-order valence-corrected chi connectivity index (χ3v) is 3.32. The lowest BCUT2D eigenvalue weighted by Crippen LogP contribution is -2.46. The lowest BCUT2D eigenvalue weighted by atomic mass is 9.74. The summed E-state index contributed by atoms with van der Waals surface area (Å²) >= 11 is 0. The second-order valence-electron chi connectivity index (χ2n) is 6.04. The van der Waals surface area contributed by atoms with Crippen molar-refractivity contribution in [3.63, 3.8) is 0 Å². The zero-order chi connectivity index (χ0) is 14.5. The van der Waals surface area contributed by atoms with Gasteiger partial charge in [-0.3, -0.25) is 4.79 Å². The fourth-order valence-electron chi connectivity index (χ4n) is 2.02. The predicted octanol–water partition coefficient (Wildman–Crippen LogP) is 0.483. The molecule has 5 heteroatoms. The SMILES string of the molecule is CC(=O)N[C@@H](O)C(CC(CO)[C@H](C)O)C(C)(C)C. The van der Waals surface area contributed by atoms with Crippen LogP contribution in [0.3, 0.4) is 0 Å². The van der Waals surface area contributed by atoms with Crippen LogP contribution in [0.25, 0.3) is 0 Å². The van der Waals surface area contributed by atoms with Crippen molar-refractivity contribution in [3.05, 3.63) is 0 Å². The van der Waals surface area contributed by atoms with Gasteiger partial charge in [0.25, 0.3) is 0 Å². The van der Waals surface area contributed by atoms with Crippen LogP contribution in [0.2, 0.25) is 0 Å². The molecule has 0 rings (SSSR count). The quantitative estimate of drug-likeness (QED) is 0.524. The van der Waals surface area contributed by atoms with Crippen molar-refractivity contribution in [2.24, 2.45) is 17.3 Å². The summed E-state index contributed by atoms with van der Waals surface area (Å²) in [5.41, 5.74) is -0.246. The highest BCUT2D eigenvalue weighted by Gasteiger charge is 2.34. The van der Waals surface area contributed by atoms with Gasteiger partial charge < -0.3 is 20.6 Å². The summed E-state index contributed by atoms with van der Waals surface area (Å²) < 4.78 is 0. The minimum Gasteiger partial charge on any atom is -0.396 e. The van der Waals surface area contributed by atoms with Crippen LogP contribution in [0.1, 0.15) is 41.0 Å². The Kier molecular flexibility index (Phi) is 6.81. The molecule has 4 atom stereocenters. The van der Waals surface area contributed by atoms with Crippen LogP contribution in [0.5, 0.6) is 0 Å². The third-order valence-electron chi connectivity index (χ3n) is 3.32. The van der Waals surface area contributed by atoms with Crippen LogP contribution >= 0.6 is 0 Å². The first-order valence-electron chi connectivity index (χ1n) is 6.33. The number of rotatable bonds is 6. The highest BCUT2D eigenvalue weighted by atomic mass is 16.3. The van der Waals surface area contributed by atoms with Crippen molar-refractivity contribution in [3.8, 4) is 0 Å². The van der Waals surface area contributed by atoms with E-state index in [1.165, 1.54) is 6.92 Å². The minimum absolute atomic E-state index is 0.142. The maximum atomic E-state index is 11.0. The number of carbonyl (C=O) groups is 1. The molecule has 2 unspecified atom stereocenters. The molecule has 0 aliphatic heterocycles. The van der Waals surface area contributed by atoms with E-state index < -0.39 is 12.3 Å². The summed E-state index contributed by atoms with van der Waals surface area (Å²) in [5.74, 6) is -0.847. The van der Waals surface area contributed by atoms with Crippen molar-refractivity contribution in [2.75, 3.05) is 6.61 Å². The molecular weight excluding hydrogens is 234 g/mol. The first kappa shape index (κ1) is 17.4. The van der Waals surface area contributed by atoms with E-state index in [1.54, 1.807) is 6.92 Å². The lowest BCUT2D eigenvalue weighted by molar-refractivity contribution is -0.124. The number of hydrogen-bond acceptors (Lipinski definition) is 4. The van der Waals surface area contributed by atoms with E-state index >= 15 is 0 Å². The van der Waals surface area contributed by atoms with Crippen LogP contribution in [-0.4, -0.2) is 40.2 Å². The fourth-order valence-corrected chi connectivity index (χ4v) is 2.02. The number of nitrogens with one attached hydrogen (secondary N) is 1. The number of aliphatic hydroxyl groups excluding tert-OH is 3. The van der Waals surface area contributed by atoms with Gasteiger partial charge in [-0.15, -0.1) is 0 Å². The third kappa shape index (κ3) is 5.80. The van der Waals surface area contributed by atoms with Crippen LogP contribution < -0.4 is 5.32 Å². The average Bonchev–Trinajstić information content (AvgIpc) is 2.14. The van der Waals surface area contributed by atoms with E-state index in [1.807, 2.05) is 20.8 Å². The first-order valence-corrected chi connectivity index (χ1v) is 6.33. The molecule has 0 aromatic rings. The molecule has 0 bridgehead atoms. The Morgan fingerprint density at radius 1 is 1.28 bits per heavy atom. The largest absolute Gasteiger partial charge is 0.396 e. The van der Waals surface area contributed by atoms with E-state index in [0.29, 0.717) is 6.42 Å². The molecule has 0 aliphatic rings. The molecule has 0 aromatic heterocycles. The Bertz CT molecular complexity index is 260. The number of hydrogen-bond donors (Lipinski definition) is 4. The maximum absolute atomic E-state index is 11.0. The molecule has 5 nitrogen and oxygen atoms in total. The van der Waals surface area contributed by atoms with Crippen LogP contribution in [0.15, 0.2) is 0 Å². The van der Waals surface area contributed by atoms with E-state index in [0.717, 1.165) is 0 Å². The molecule has 18 heavy (non-hydrogen) atoms. The molecule has 0 aliphatic carbocycles. The zero-order valence-electron chi connectivity index (χ0n) is 12.0. The summed E-state index contributed by atoms with van der Waals surface area (Å²) in [6, 6.07) is 0. The Balaban J connectivity index is 4.84. The molecule has 0 radical (unpaired) electrons. The van der Waals surface area contributed by atoms with Crippen LogP contribution in [0, 0.1) is 17.3 Å². The normalized spacial score (nSPS) is 18.9. The van der Waals surface area contributed by atoms with E-state index in [-0.39, 0.29) is 29.8 Å². The highest BCUT2D eigenvalue weighted by molar-refractivity contribution is 5.73. The average molecular weight is 261 g/mol. The van der Waals surface area contributed by atoms with E-state index in [9.17, 15) is 20.1 Å². The molecule has 0 saturated carbocycles. The van der Waals surface area contributed by atoms with Gasteiger partial charge in [0, 0.05) is 25.4 Å². The van der Waals surface area contributed by atoms with Crippen LogP contribution in [-0.2, 0) is 4.79 Å². The molecule has 1 amide bonds. The molecule has 108 valence electrons. The van der Waals surface area contributed by atoms with E-state index in [2.05, 4.69) is 5.32 Å². The van der Waals surface area contributed by atoms with Gasteiger partial charge >= 0.3 is 0 Å². The second kappa shape index (κ2) is 7.07. The molecule has 0 saturated heterocycles. The Morgan fingerprint density at radius 2 is 1.78 bits per heavy atom. The first-order chi connectivity index (χ1) is 8.09. The van der Waals surface area contributed by atoms with Gasteiger partial charge in [-0.1, -0.05) is 20.8 Å². The topological polar surface area (TPSA) is 89.8 Å². The zero-order valence-corrected chi connectivity index (χ0v) is 12.0. The van der Waals surface area contributed by atoms with Crippen molar-refractivity contribution >= 4 is 5.91 Å². The maximum Gasteiger partial charge on any atom is 0.218 e. The van der Waals surface area contributed by atoms with Crippen molar-refractivity contribution < 1.29 is 20.1 Å². The van der Waals surface area contributed by atoms with E-state index in [4.69, 9.17) is 0 Å². The van der Waals surface area contributed by atoms with Crippen molar-refractivity contribution in [1.82, 2.24) is 5.32 Å². The van der Waals surface area contributed by atoms with Gasteiger partial charge in [-0.2, -0.15) is 0 Å². The van der Waals surface area contributed by atoms with Crippen LogP contribution in [0.4, 0.5) is 0 Å². The predicted molar refractivity (Wildman–Crippen MR) is 69.6 cm³/mol. The van der Waals surface area contributed by atoms with Gasteiger partial charge in [0.1, 0.15) is 6.23 Å². The second-order valence-corrected chi connectivity index (χ2v) is 6.04. The molecule has 0 fully saturated rings. The minimum atomic E-state index is -0.977. The summed E-state index contributed by atoms with van der Waals surface area (Å²) in [6.45, 7) is 8.70. The molecular formula is C13H27NO4. The number of aliphatic hydroxyl groups is 3. The molecule has 4 N–H and O–H groups in total. The summed E-state index contributed by atoms with van der Waals surface area (Å²) in [6.07, 6.45) is -1.18. The standard InChI is InChI=1S/C13H27NO4/c1-8(16)10(7-15)6-11(13(3,4)5)12(18)14-9(2)17/h8,10-12,15-16,18H,6-7H2,1-5H3,(H,14,17)/t8-,10?,11?,12-/m0/s1. The molecule has 0 spiro atoms. The van der Waals surface area contributed by atoms with Crippen molar-refractivity contribution in [1.29, 1.82) is 0 Å². The van der Waals surface area contributed by atoms with Gasteiger partial charge in [-0.25, -0.2) is 0 Å². The van der Waals surface area contributed by atoms with Gasteiger partial charge in [0.15, 0.2) is 0 Å². The Labute approximate surface area is 109 Å². The fraction of sp³-hybridized carbons (Fsp3) is 0.923. The van der Waals surface area contributed by atoms with Gasteiger partial charge in [-0.05, 0) is 18.8 Å². The lowest BCUT2D eigenvalue weighted by Gasteiger charge is -2.37. The Hall–Kier alpha value is -0.650. The molecule has 0 aromatic carbocycles. The van der Waals surface area contributed by atoms with Gasteiger partial charge in [0.2, 0.25) is 5.91 Å². The number of amides is 1. The Morgan fingerprint density at radius 3 is 2.06 bits per heavy atom. The van der Waals surface area contributed by atoms with Gasteiger partial charge in [0.05, 0.1) is 6.10 Å². The molecule has 0 heterocycles. The number of carbonyl (C=O) groups excluding carboxylic acids is 1. The summed E-state index contributed by atoms with van der Waals surface area (Å²) in [5, 5.41) is 31.3. The smallest absolute Gasteiger partial charge is 0.218 e. The van der Waals surface area contributed by atoms with Crippen molar-refractivity contribution in [2.45, 2.75) is 53.4 Å². The monoisotopic (exact) mass is 261 g/mol. The summed E-state index contributed by atoms with van der Waals surface area (Å²) in [4.78, 5) is 11.0. The highest BCUT2D eigenvalue weighted by Crippen LogP contribution is 2.34. The summed E-state index contributed by atoms with van der Waals surface area (Å²) in [7, 11) is 0.